The fourth-order valence-corrected chi connectivity index (χ4v) is 1.96. The maximum absolute atomic E-state index is 6.19. The predicted octanol–water partition coefficient (Wildman–Crippen LogP) is 3.58. The molecule has 0 aliphatic heterocycles. The topological polar surface area (TPSA) is 35.2 Å². The average Bonchev–Trinajstić information content (AvgIpc) is 2.29. The number of hydrogen-bond acceptors (Lipinski definition) is 2. The van der Waals surface area contributed by atoms with Crippen LogP contribution in [-0.2, 0) is 0 Å². The highest BCUT2D eigenvalue weighted by molar-refractivity contribution is 5.36. The maximum Gasteiger partial charge on any atom is 0.119 e. The molecule has 1 aromatic carbocycles. The van der Waals surface area contributed by atoms with Crippen molar-refractivity contribution in [3.8, 4) is 5.75 Å². The smallest absolute Gasteiger partial charge is 0.119 e. The highest BCUT2D eigenvalue weighted by Crippen LogP contribution is 2.24. The highest BCUT2D eigenvalue weighted by atomic mass is 16.5. The van der Waals surface area contributed by atoms with Gasteiger partial charge in [-0.2, -0.15) is 0 Å². The highest BCUT2D eigenvalue weighted by Gasteiger charge is 2.09. The Bertz CT molecular complexity index is 323. The number of ether oxygens (including phenoxy) is 1. The second kappa shape index (κ2) is 6.54. The molecule has 1 atom stereocenters. The number of unbranched alkanes of at least 4 members (excludes halogenated alkanes) is 2. The van der Waals surface area contributed by atoms with E-state index >= 15 is 0 Å². The van der Waals surface area contributed by atoms with Crippen LogP contribution < -0.4 is 10.5 Å². The summed E-state index contributed by atoms with van der Waals surface area (Å²) < 4.78 is 5.19. The molecule has 16 heavy (non-hydrogen) atoms. The Morgan fingerprint density at radius 3 is 2.62 bits per heavy atom. The molecule has 0 radical (unpaired) electrons. The molecule has 1 aromatic rings. The van der Waals surface area contributed by atoms with Gasteiger partial charge in [0.25, 0.3) is 0 Å². The first-order chi connectivity index (χ1) is 7.69. The number of nitrogens with two attached hydrogens (primary N) is 1. The minimum absolute atomic E-state index is 0.164. The van der Waals surface area contributed by atoms with Crippen LogP contribution in [0, 0.1) is 6.92 Å². The van der Waals surface area contributed by atoms with Gasteiger partial charge in [-0.25, -0.2) is 0 Å². The van der Waals surface area contributed by atoms with E-state index in [9.17, 15) is 0 Å². The van der Waals surface area contributed by atoms with Gasteiger partial charge in [-0.05, 0) is 36.6 Å². The van der Waals surface area contributed by atoms with E-state index in [1.165, 1.54) is 30.4 Å². The van der Waals surface area contributed by atoms with E-state index in [1.54, 1.807) is 7.11 Å². The lowest BCUT2D eigenvalue weighted by atomic mass is 9.97. The third-order valence-corrected chi connectivity index (χ3v) is 3.00. The SMILES string of the molecule is CCCCC[C@H](N)c1ccc(OC)cc1C. The summed E-state index contributed by atoms with van der Waals surface area (Å²) in [7, 11) is 1.69. The number of rotatable bonds is 6. The van der Waals surface area contributed by atoms with Gasteiger partial charge in [0.1, 0.15) is 5.75 Å². The van der Waals surface area contributed by atoms with Gasteiger partial charge in [-0.3, -0.25) is 0 Å². The number of hydrogen-bond donors (Lipinski definition) is 1. The van der Waals surface area contributed by atoms with E-state index in [0.717, 1.165) is 12.2 Å². The van der Waals surface area contributed by atoms with Crippen molar-refractivity contribution in [1.29, 1.82) is 0 Å². The van der Waals surface area contributed by atoms with Gasteiger partial charge in [0.15, 0.2) is 0 Å². The molecule has 90 valence electrons. The fraction of sp³-hybridized carbons (Fsp3) is 0.571. The number of aryl methyl sites for hydroxylation is 1. The first-order valence-corrected chi connectivity index (χ1v) is 6.09. The van der Waals surface area contributed by atoms with Crippen LogP contribution in [0.3, 0.4) is 0 Å². The summed E-state index contributed by atoms with van der Waals surface area (Å²) in [5.74, 6) is 0.905. The van der Waals surface area contributed by atoms with Crippen molar-refractivity contribution in [2.45, 2.75) is 45.6 Å². The van der Waals surface area contributed by atoms with Crippen LogP contribution in [0.5, 0.6) is 5.75 Å². The Morgan fingerprint density at radius 1 is 1.31 bits per heavy atom. The predicted molar refractivity (Wildman–Crippen MR) is 68.8 cm³/mol. The van der Waals surface area contributed by atoms with E-state index in [-0.39, 0.29) is 6.04 Å². The summed E-state index contributed by atoms with van der Waals surface area (Å²) in [6.45, 7) is 4.31. The lowest BCUT2D eigenvalue weighted by Crippen LogP contribution is -2.11. The van der Waals surface area contributed by atoms with Crippen LogP contribution in [-0.4, -0.2) is 7.11 Å². The van der Waals surface area contributed by atoms with Gasteiger partial charge < -0.3 is 10.5 Å². The molecule has 0 saturated heterocycles. The Hall–Kier alpha value is -1.02. The quantitative estimate of drug-likeness (QED) is 0.745. The Balaban J connectivity index is 2.64. The van der Waals surface area contributed by atoms with Crippen molar-refractivity contribution < 1.29 is 4.74 Å². The van der Waals surface area contributed by atoms with Crippen molar-refractivity contribution in [2.24, 2.45) is 5.73 Å². The molecule has 2 N–H and O–H groups in total. The molecule has 0 spiro atoms. The van der Waals surface area contributed by atoms with Gasteiger partial charge in [0.05, 0.1) is 7.11 Å². The number of methoxy groups -OCH3 is 1. The van der Waals surface area contributed by atoms with Crippen LogP contribution >= 0.6 is 0 Å². The summed E-state index contributed by atoms with van der Waals surface area (Å²) in [5, 5.41) is 0. The van der Waals surface area contributed by atoms with Crippen LogP contribution in [0.2, 0.25) is 0 Å². The normalized spacial score (nSPS) is 12.5. The molecule has 0 bridgehead atoms. The van der Waals surface area contributed by atoms with Crippen molar-refractivity contribution in [2.75, 3.05) is 7.11 Å². The molecule has 0 saturated carbocycles. The van der Waals surface area contributed by atoms with Crippen LogP contribution in [0.4, 0.5) is 0 Å². The molecule has 0 aromatic heterocycles. The van der Waals surface area contributed by atoms with Gasteiger partial charge in [0, 0.05) is 6.04 Å². The minimum Gasteiger partial charge on any atom is -0.497 e. The molecule has 0 unspecified atom stereocenters. The third-order valence-electron chi connectivity index (χ3n) is 3.00. The lowest BCUT2D eigenvalue weighted by Gasteiger charge is -2.15. The number of benzene rings is 1. The van der Waals surface area contributed by atoms with Gasteiger partial charge in [0.2, 0.25) is 0 Å². The van der Waals surface area contributed by atoms with Crippen LogP contribution in [0.15, 0.2) is 18.2 Å². The van der Waals surface area contributed by atoms with Crippen molar-refractivity contribution in [3.63, 3.8) is 0 Å². The molecular weight excluding hydrogens is 198 g/mol. The maximum atomic E-state index is 6.19. The molecule has 0 heterocycles. The summed E-state index contributed by atoms with van der Waals surface area (Å²) in [6.07, 6.45) is 4.79. The van der Waals surface area contributed by atoms with Crippen molar-refractivity contribution >= 4 is 0 Å². The first kappa shape index (κ1) is 13.0. The van der Waals surface area contributed by atoms with Crippen LogP contribution in [0.25, 0.3) is 0 Å². The largest absolute Gasteiger partial charge is 0.497 e. The van der Waals surface area contributed by atoms with Gasteiger partial charge >= 0.3 is 0 Å². The van der Waals surface area contributed by atoms with E-state index in [4.69, 9.17) is 10.5 Å². The van der Waals surface area contributed by atoms with Crippen LogP contribution in [0.1, 0.15) is 49.8 Å². The molecule has 0 fully saturated rings. The molecule has 0 aliphatic rings. The minimum atomic E-state index is 0.164. The summed E-state index contributed by atoms with van der Waals surface area (Å²) in [5.41, 5.74) is 8.66. The molecule has 0 aliphatic carbocycles. The summed E-state index contributed by atoms with van der Waals surface area (Å²) in [4.78, 5) is 0. The zero-order valence-corrected chi connectivity index (χ0v) is 10.6. The van der Waals surface area contributed by atoms with E-state index in [1.807, 2.05) is 6.07 Å². The average molecular weight is 221 g/mol. The molecule has 0 amide bonds. The zero-order valence-electron chi connectivity index (χ0n) is 10.6. The van der Waals surface area contributed by atoms with E-state index < -0.39 is 0 Å². The fourth-order valence-electron chi connectivity index (χ4n) is 1.96. The lowest BCUT2D eigenvalue weighted by molar-refractivity contribution is 0.414. The third kappa shape index (κ3) is 3.53. The van der Waals surface area contributed by atoms with Crippen molar-refractivity contribution in [1.82, 2.24) is 0 Å². The molecule has 1 rings (SSSR count). The molecular formula is C14H23NO. The zero-order chi connectivity index (χ0) is 12.0. The Labute approximate surface area is 98.8 Å². The molecule has 2 heteroatoms. The van der Waals surface area contributed by atoms with Gasteiger partial charge in [-0.15, -0.1) is 0 Å². The first-order valence-electron chi connectivity index (χ1n) is 6.09. The van der Waals surface area contributed by atoms with E-state index in [2.05, 4.69) is 26.0 Å². The molecule has 2 nitrogen and oxygen atoms in total. The second-order valence-corrected chi connectivity index (χ2v) is 4.32. The second-order valence-electron chi connectivity index (χ2n) is 4.32. The summed E-state index contributed by atoms with van der Waals surface area (Å²) in [6, 6.07) is 6.29. The van der Waals surface area contributed by atoms with Crippen molar-refractivity contribution in [3.05, 3.63) is 29.3 Å². The van der Waals surface area contributed by atoms with Gasteiger partial charge in [-0.1, -0.05) is 32.3 Å². The standard InChI is InChI=1S/C14H23NO/c1-4-5-6-7-14(15)13-9-8-12(16-3)10-11(13)2/h8-10,14H,4-7,15H2,1-3H3/t14-/m0/s1. The van der Waals surface area contributed by atoms with E-state index in [0.29, 0.717) is 0 Å². The summed E-state index contributed by atoms with van der Waals surface area (Å²) >= 11 is 0. The Kier molecular flexibility index (Phi) is 5.33. The Morgan fingerprint density at radius 2 is 2.06 bits per heavy atom. The monoisotopic (exact) mass is 221 g/mol.